The third-order valence-electron chi connectivity index (χ3n) is 3.78. The minimum Gasteiger partial charge on any atom is -0.392 e. The molecule has 0 saturated heterocycles. The molecule has 0 amide bonds. The lowest BCUT2D eigenvalue weighted by atomic mass is 9.92. The van der Waals surface area contributed by atoms with Crippen LogP contribution in [-0.2, 0) is 19.3 Å². The van der Waals surface area contributed by atoms with Crippen LogP contribution in [0, 0.1) is 5.92 Å². The molecule has 0 spiro atoms. The van der Waals surface area contributed by atoms with Gasteiger partial charge in [0.25, 0.3) is 0 Å². The summed E-state index contributed by atoms with van der Waals surface area (Å²) in [5, 5.41) is 9.98. The van der Waals surface area contributed by atoms with Gasteiger partial charge in [-0.05, 0) is 50.0 Å². The van der Waals surface area contributed by atoms with Crippen molar-refractivity contribution in [1.82, 2.24) is 9.97 Å². The smallest absolute Gasteiger partial charge is 0.115 e. The molecule has 0 radical (unpaired) electrons. The summed E-state index contributed by atoms with van der Waals surface area (Å²) in [6.45, 7) is 0. The van der Waals surface area contributed by atoms with Crippen LogP contribution in [0.2, 0.25) is 0 Å². The number of aliphatic hydroxyl groups is 1. The molecule has 2 aliphatic carbocycles. The van der Waals surface area contributed by atoms with Gasteiger partial charge in [0.1, 0.15) is 6.33 Å². The van der Waals surface area contributed by atoms with Crippen molar-refractivity contribution in [2.75, 3.05) is 0 Å². The Labute approximate surface area is 95.9 Å². The molecule has 86 valence electrons. The number of aliphatic hydroxyl groups excluding tert-OH is 1. The van der Waals surface area contributed by atoms with E-state index in [1.165, 1.54) is 36.9 Å². The average Bonchev–Trinajstić information content (AvgIpc) is 3.13. The second kappa shape index (κ2) is 4.13. The Balaban J connectivity index is 1.82. The largest absolute Gasteiger partial charge is 0.392 e. The highest BCUT2D eigenvalue weighted by molar-refractivity contribution is 5.27. The molecule has 1 aromatic heterocycles. The fourth-order valence-corrected chi connectivity index (χ4v) is 2.61. The fraction of sp³-hybridized carbons (Fsp3) is 0.692. The molecule has 1 unspecified atom stereocenters. The molecule has 1 atom stereocenters. The minimum absolute atomic E-state index is 0.180. The van der Waals surface area contributed by atoms with Crippen LogP contribution in [0.5, 0.6) is 0 Å². The van der Waals surface area contributed by atoms with Gasteiger partial charge in [0, 0.05) is 17.8 Å². The molecule has 1 aromatic rings. The van der Waals surface area contributed by atoms with Gasteiger partial charge in [-0.15, -0.1) is 0 Å². The monoisotopic (exact) mass is 218 g/mol. The molecule has 1 heterocycles. The van der Waals surface area contributed by atoms with Crippen molar-refractivity contribution in [1.29, 1.82) is 0 Å². The van der Waals surface area contributed by atoms with Crippen molar-refractivity contribution >= 4 is 0 Å². The van der Waals surface area contributed by atoms with E-state index in [4.69, 9.17) is 0 Å². The second-order valence-electron chi connectivity index (χ2n) is 5.06. The molecule has 0 aromatic carbocycles. The standard InChI is InChI=1S/C13H18N2O/c16-13(9-5-6-9)7-12-10-3-1-2-4-11(10)14-8-15-12/h8-9,13,16H,1-7H2. The molecule has 0 bridgehead atoms. The lowest BCUT2D eigenvalue weighted by molar-refractivity contribution is 0.150. The van der Waals surface area contributed by atoms with Crippen molar-refractivity contribution in [2.24, 2.45) is 5.92 Å². The van der Waals surface area contributed by atoms with E-state index in [1.807, 2.05) is 0 Å². The van der Waals surface area contributed by atoms with Crippen LogP contribution < -0.4 is 0 Å². The summed E-state index contributed by atoms with van der Waals surface area (Å²) in [7, 11) is 0. The lowest BCUT2D eigenvalue weighted by Crippen LogP contribution is -2.18. The molecular formula is C13H18N2O. The van der Waals surface area contributed by atoms with Gasteiger partial charge in [0.15, 0.2) is 0 Å². The normalized spacial score (nSPS) is 21.6. The van der Waals surface area contributed by atoms with Crippen LogP contribution in [-0.4, -0.2) is 21.2 Å². The van der Waals surface area contributed by atoms with Gasteiger partial charge in [-0.2, -0.15) is 0 Å². The van der Waals surface area contributed by atoms with E-state index in [0.717, 1.165) is 25.0 Å². The first-order valence-electron chi connectivity index (χ1n) is 6.34. The number of hydrogen-bond donors (Lipinski definition) is 1. The van der Waals surface area contributed by atoms with Gasteiger partial charge < -0.3 is 5.11 Å². The van der Waals surface area contributed by atoms with E-state index in [2.05, 4.69) is 9.97 Å². The highest BCUT2D eigenvalue weighted by Gasteiger charge is 2.30. The van der Waals surface area contributed by atoms with E-state index < -0.39 is 0 Å². The van der Waals surface area contributed by atoms with E-state index >= 15 is 0 Å². The molecule has 1 saturated carbocycles. The van der Waals surface area contributed by atoms with E-state index in [9.17, 15) is 5.11 Å². The first-order valence-corrected chi connectivity index (χ1v) is 6.34. The first-order chi connectivity index (χ1) is 7.84. The van der Waals surface area contributed by atoms with Crippen LogP contribution in [0.15, 0.2) is 6.33 Å². The zero-order valence-corrected chi connectivity index (χ0v) is 9.52. The Bertz CT molecular complexity index is 388. The molecule has 3 heteroatoms. The Kier molecular flexibility index (Phi) is 2.64. The Morgan fingerprint density at radius 3 is 2.88 bits per heavy atom. The molecule has 16 heavy (non-hydrogen) atoms. The number of hydrogen-bond acceptors (Lipinski definition) is 3. The van der Waals surface area contributed by atoms with Crippen LogP contribution in [0.3, 0.4) is 0 Å². The molecule has 2 aliphatic rings. The third kappa shape index (κ3) is 1.96. The summed E-state index contributed by atoms with van der Waals surface area (Å²) >= 11 is 0. The lowest BCUT2D eigenvalue weighted by Gasteiger charge is -2.18. The van der Waals surface area contributed by atoms with Gasteiger partial charge >= 0.3 is 0 Å². The highest BCUT2D eigenvalue weighted by atomic mass is 16.3. The van der Waals surface area contributed by atoms with Crippen molar-refractivity contribution in [3.05, 3.63) is 23.3 Å². The number of rotatable bonds is 3. The molecule has 3 rings (SSSR count). The summed E-state index contributed by atoms with van der Waals surface area (Å²) in [6, 6.07) is 0. The summed E-state index contributed by atoms with van der Waals surface area (Å²) < 4.78 is 0. The van der Waals surface area contributed by atoms with Crippen LogP contribution >= 0.6 is 0 Å². The maximum Gasteiger partial charge on any atom is 0.115 e. The topological polar surface area (TPSA) is 46.0 Å². The zero-order chi connectivity index (χ0) is 11.0. The first kappa shape index (κ1) is 10.2. The summed E-state index contributed by atoms with van der Waals surface area (Å²) in [5.74, 6) is 0.536. The highest BCUT2D eigenvalue weighted by Crippen LogP contribution is 2.34. The van der Waals surface area contributed by atoms with Gasteiger partial charge in [0.2, 0.25) is 0 Å². The Hall–Kier alpha value is -0.960. The number of fused-ring (bicyclic) bond motifs is 1. The van der Waals surface area contributed by atoms with Gasteiger partial charge in [-0.1, -0.05) is 0 Å². The van der Waals surface area contributed by atoms with Gasteiger partial charge in [-0.3, -0.25) is 0 Å². The second-order valence-corrected chi connectivity index (χ2v) is 5.06. The third-order valence-corrected chi connectivity index (χ3v) is 3.78. The van der Waals surface area contributed by atoms with Crippen molar-refractivity contribution < 1.29 is 5.11 Å². The number of aromatic nitrogens is 2. The fourth-order valence-electron chi connectivity index (χ4n) is 2.61. The van der Waals surface area contributed by atoms with Crippen molar-refractivity contribution in [3.8, 4) is 0 Å². The maximum absolute atomic E-state index is 9.98. The molecule has 3 nitrogen and oxygen atoms in total. The van der Waals surface area contributed by atoms with Crippen molar-refractivity contribution in [3.63, 3.8) is 0 Å². The predicted octanol–water partition coefficient (Wildman–Crippen LogP) is 1.67. The average molecular weight is 218 g/mol. The molecular weight excluding hydrogens is 200 g/mol. The Morgan fingerprint density at radius 2 is 2.06 bits per heavy atom. The van der Waals surface area contributed by atoms with E-state index in [-0.39, 0.29) is 6.10 Å². The van der Waals surface area contributed by atoms with Crippen LogP contribution in [0.1, 0.15) is 42.6 Å². The van der Waals surface area contributed by atoms with Gasteiger partial charge in [0.05, 0.1) is 6.10 Å². The molecule has 1 fully saturated rings. The quantitative estimate of drug-likeness (QED) is 0.839. The van der Waals surface area contributed by atoms with E-state index in [0.29, 0.717) is 5.92 Å². The summed E-state index contributed by atoms with van der Waals surface area (Å²) in [4.78, 5) is 8.73. The van der Waals surface area contributed by atoms with Crippen LogP contribution in [0.25, 0.3) is 0 Å². The molecule has 1 N–H and O–H groups in total. The zero-order valence-electron chi connectivity index (χ0n) is 9.52. The van der Waals surface area contributed by atoms with Crippen LogP contribution in [0.4, 0.5) is 0 Å². The van der Waals surface area contributed by atoms with Gasteiger partial charge in [-0.25, -0.2) is 9.97 Å². The van der Waals surface area contributed by atoms with E-state index in [1.54, 1.807) is 6.33 Å². The minimum atomic E-state index is -0.180. The number of nitrogens with zero attached hydrogens (tertiary/aromatic N) is 2. The Morgan fingerprint density at radius 1 is 1.25 bits per heavy atom. The summed E-state index contributed by atoms with van der Waals surface area (Å²) in [5.41, 5.74) is 3.65. The summed E-state index contributed by atoms with van der Waals surface area (Å²) in [6.07, 6.45) is 9.27. The maximum atomic E-state index is 9.98. The molecule has 0 aliphatic heterocycles. The SMILES string of the molecule is OC(Cc1ncnc2c1CCCC2)C1CC1. The predicted molar refractivity (Wildman–Crippen MR) is 61.1 cm³/mol. The van der Waals surface area contributed by atoms with Crippen molar-refractivity contribution in [2.45, 2.75) is 51.0 Å². The number of aryl methyl sites for hydroxylation is 1.